The smallest absolute Gasteiger partial charge is 0.130 e. The van der Waals surface area contributed by atoms with E-state index in [2.05, 4.69) is 33.0 Å². The molecule has 1 aromatic rings. The summed E-state index contributed by atoms with van der Waals surface area (Å²) in [6.45, 7) is 9.73. The van der Waals surface area contributed by atoms with Crippen molar-refractivity contribution in [3.05, 3.63) is 35.4 Å². The highest BCUT2D eigenvalue weighted by atomic mass is 19.1. The van der Waals surface area contributed by atoms with Crippen molar-refractivity contribution in [2.45, 2.75) is 34.2 Å². The quantitative estimate of drug-likeness (QED) is 0.810. The van der Waals surface area contributed by atoms with Gasteiger partial charge in [-0.15, -0.1) is 0 Å². The first kappa shape index (κ1) is 15.1. The molecule has 0 amide bonds. The molecule has 0 atom stereocenters. The van der Waals surface area contributed by atoms with Gasteiger partial charge in [-0.05, 0) is 36.4 Å². The maximum Gasteiger partial charge on any atom is 0.130 e. The van der Waals surface area contributed by atoms with Gasteiger partial charge in [0.05, 0.1) is 0 Å². The Morgan fingerprint density at radius 3 is 1.94 bits per heavy atom. The van der Waals surface area contributed by atoms with Crippen molar-refractivity contribution in [3.63, 3.8) is 0 Å². The lowest BCUT2D eigenvalue weighted by atomic mass is 9.85. The average Bonchev–Trinajstić information content (AvgIpc) is 2.26. The molecule has 0 spiro atoms. The van der Waals surface area contributed by atoms with E-state index in [0.29, 0.717) is 17.8 Å². The number of hydrogen-bond acceptors (Lipinski definition) is 1. The molecule has 0 aliphatic heterocycles. The normalized spacial score (nSPS) is 11.8. The molecule has 3 heteroatoms. The van der Waals surface area contributed by atoms with Crippen LogP contribution in [0, 0.1) is 29.4 Å². The van der Waals surface area contributed by atoms with Gasteiger partial charge in [0.1, 0.15) is 11.6 Å². The van der Waals surface area contributed by atoms with E-state index < -0.39 is 11.6 Å². The molecule has 1 rings (SSSR count). The Morgan fingerprint density at radius 2 is 1.50 bits per heavy atom. The number of rotatable bonds is 6. The lowest BCUT2D eigenvalue weighted by molar-refractivity contribution is 0.274. The third-order valence-electron chi connectivity index (χ3n) is 3.46. The summed E-state index contributed by atoms with van der Waals surface area (Å²) in [6.07, 6.45) is 0. The zero-order valence-electron chi connectivity index (χ0n) is 11.6. The average molecular weight is 255 g/mol. The second kappa shape index (κ2) is 6.83. The van der Waals surface area contributed by atoms with E-state index in [1.807, 2.05) is 0 Å². The van der Waals surface area contributed by atoms with Gasteiger partial charge in [0.25, 0.3) is 0 Å². The molecule has 0 aliphatic rings. The highest BCUT2D eigenvalue weighted by Gasteiger charge is 2.17. The molecule has 0 saturated carbocycles. The molecule has 0 unspecified atom stereocenters. The Hall–Kier alpha value is -0.960. The summed E-state index contributed by atoms with van der Waals surface area (Å²) in [5.74, 6) is 0.673. The molecule has 1 nitrogen and oxygen atoms in total. The Balaban J connectivity index is 2.55. The second-order valence-electron chi connectivity index (χ2n) is 5.48. The predicted octanol–water partition coefficient (Wildman–Crippen LogP) is 3.98. The van der Waals surface area contributed by atoms with Crippen LogP contribution in [0.25, 0.3) is 0 Å². The number of hydrogen-bond donors (Lipinski definition) is 1. The minimum atomic E-state index is -0.479. The fraction of sp³-hybridized carbons (Fsp3) is 0.600. The van der Waals surface area contributed by atoms with Gasteiger partial charge in [0, 0.05) is 12.1 Å². The van der Waals surface area contributed by atoms with Gasteiger partial charge in [0.2, 0.25) is 0 Å². The van der Waals surface area contributed by atoms with E-state index in [1.165, 1.54) is 18.2 Å². The fourth-order valence-corrected chi connectivity index (χ4v) is 2.31. The molecule has 1 aromatic carbocycles. The number of nitrogens with one attached hydrogen (secondary N) is 1. The van der Waals surface area contributed by atoms with Crippen LogP contribution in [0.15, 0.2) is 18.2 Å². The third kappa shape index (κ3) is 4.05. The minimum Gasteiger partial charge on any atom is -0.312 e. The van der Waals surface area contributed by atoms with Crippen molar-refractivity contribution in [1.29, 1.82) is 0 Å². The minimum absolute atomic E-state index is 0.128. The molecule has 1 N–H and O–H groups in total. The van der Waals surface area contributed by atoms with Gasteiger partial charge in [-0.1, -0.05) is 33.8 Å². The van der Waals surface area contributed by atoms with Crippen LogP contribution in [0.5, 0.6) is 0 Å². The van der Waals surface area contributed by atoms with E-state index in [9.17, 15) is 8.78 Å². The highest BCUT2D eigenvalue weighted by molar-refractivity contribution is 5.19. The van der Waals surface area contributed by atoms with Gasteiger partial charge < -0.3 is 5.32 Å². The van der Waals surface area contributed by atoms with Crippen molar-refractivity contribution >= 4 is 0 Å². The van der Waals surface area contributed by atoms with E-state index in [1.54, 1.807) is 0 Å². The number of halogens is 2. The summed E-state index contributed by atoms with van der Waals surface area (Å²) >= 11 is 0. The SMILES string of the molecule is CC(C)C(CNCc1c(F)cccc1F)C(C)C. The maximum atomic E-state index is 13.4. The summed E-state index contributed by atoms with van der Waals surface area (Å²) in [5.41, 5.74) is 0.128. The maximum absolute atomic E-state index is 13.4. The molecule has 102 valence electrons. The van der Waals surface area contributed by atoms with Crippen LogP contribution < -0.4 is 5.32 Å². The van der Waals surface area contributed by atoms with Crippen LogP contribution in [-0.2, 0) is 6.54 Å². The van der Waals surface area contributed by atoms with Crippen molar-refractivity contribution < 1.29 is 8.78 Å². The Morgan fingerprint density at radius 1 is 1.00 bits per heavy atom. The second-order valence-corrected chi connectivity index (χ2v) is 5.48. The van der Waals surface area contributed by atoms with E-state index >= 15 is 0 Å². The molecule has 0 bridgehead atoms. The van der Waals surface area contributed by atoms with Gasteiger partial charge in [0.15, 0.2) is 0 Å². The lowest BCUT2D eigenvalue weighted by Crippen LogP contribution is -2.30. The summed E-state index contributed by atoms with van der Waals surface area (Å²) in [5, 5.41) is 3.17. The molecule has 18 heavy (non-hydrogen) atoms. The Kier molecular flexibility index (Phi) is 5.73. The van der Waals surface area contributed by atoms with E-state index in [0.717, 1.165) is 6.54 Å². The molecule has 0 saturated heterocycles. The zero-order valence-corrected chi connectivity index (χ0v) is 11.6. The Bertz CT molecular complexity index is 347. The number of benzene rings is 1. The largest absolute Gasteiger partial charge is 0.312 e. The first-order valence-corrected chi connectivity index (χ1v) is 6.57. The third-order valence-corrected chi connectivity index (χ3v) is 3.46. The molecular weight excluding hydrogens is 232 g/mol. The molecule has 0 radical (unpaired) electrons. The monoisotopic (exact) mass is 255 g/mol. The molecule has 0 aromatic heterocycles. The standard InChI is InChI=1S/C15H23F2N/c1-10(2)12(11(3)4)8-18-9-13-14(16)6-5-7-15(13)17/h5-7,10-12,18H,8-9H2,1-4H3. The predicted molar refractivity (Wildman–Crippen MR) is 71.2 cm³/mol. The Labute approximate surface area is 109 Å². The van der Waals surface area contributed by atoms with Crippen LogP contribution >= 0.6 is 0 Å². The van der Waals surface area contributed by atoms with Crippen molar-refractivity contribution in [3.8, 4) is 0 Å². The summed E-state index contributed by atoms with van der Waals surface area (Å²) < 4.78 is 26.8. The van der Waals surface area contributed by atoms with Crippen LogP contribution in [0.2, 0.25) is 0 Å². The van der Waals surface area contributed by atoms with Crippen LogP contribution in [-0.4, -0.2) is 6.54 Å². The van der Waals surface area contributed by atoms with Gasteiger partial charge in [-0.2, -0.15) is 0 Å². The van der Waals surface area contributed by atoms with Crippen LogP contribution in [0.4, 0.5) is 8.78 Å². The van der Waals surface area contributed by atoms with Crippen LogP contribution in [0.1, 0.15) is 33.3 Å². The highest BCUT2D eigenvalue weighted by Crippen LogP contribution is 2.20. The summed E-state index contributed by atoms with van der Waals surface area (Å²) in [4.78, 5) is 0. The van der Waals surface area contributed by atoms with Gasteiger partial charge in [-0.3, -0.25) is 0 Å². The van der Waals surface area contributed by atoms with Crippen LogP contribution in [0.3, 0.4) is 0 Å². The molecule has 0 heterocycles. The van der Waals surface area contributed by atoms with E-state index in [4.69, 9.17) is 0 Å². The fourth-order valence-electron chi connectivity index (χ4n) is 2.31. The van der Waals surface area contributed by atoms with Crippen molar-refractivity contribution in [2.75, 3.05) is 6.54 Å². The van der Waals surface area contributed by atoms with Crippen molar-refractivity contribution in [2.24, 2.45) is 17.8 Å². The molecular formula is C15H23F2N. The topological polar surface area (TPSA) is 12.0 Å². The first-order chi connectivity index (χ1) is 8.43. The zero-order chi connectivity index (χ0) is 13.7. The summed E-state index contributed by atoms with van der Waals surface area (Å²) in [7, 11) is 0. The lowest BCUT2D eigenvalue weighted by Gasteiger charge is -2.25. The molecule has 0 fully saturated rings. The summed E-state index contributed by atoms with van der Waals surface area (Å²) in [6, 6.07) is 3.98. The van der Waals surface area contributed by atoms with Crippen molar-refractivity contribution in [1.82, 2.24) is 5.32 Å². The molecule has 0 aliphatic carbocycles. The van der Waals surface area contributed by atoms with Gasteiger partial charge in [-0.25, -0.2) is 8.78 Å². The van der Waals surface area contributed by atoms with E-state index in [-0.39, 0.29) is 12.1 Å². The van der Waals surface area contributed by atoms with Gasteiger partial charge >= 0.3 is 0 Å². The first-order valence-electron chi connectivity index (χ1n) is 6.57.